The van der Waals surface area contributed by atoms with Crippen LogP contribution in [0.1, 0.15) is 51.0 Å². The van der Waals surface area contributed by atoms with Crippen molar-refractivity contribution in [3.63, 3.8) is 0 Å². The third kappa shape index (κ3) is 6.38. The fourth-order valence-electron chi connectivity index (χ4n) is 3.67. The molecule has 0 heterocycles. The Balaban J connectivity index is 2.14. The third-order valence-corrected chi connectivity index (χ3v) is 5.13. The zero-order valence-electron chi connectivity index (χ0n) is 16.2. The Hall–Kier alpha value is -2.37. The summed E-state index contributed by atoms with van der Waals surface area (Å²) in [7, 11) is 0. The van der Waals surface area contributed by atoms with Crippen molar-refractivity contribution in [3.8, 4) is 0 Å². The molecule has 3 N–H and O–H groups in total. The topological polar surface area (TPSA) is 92.5 Å². The van der Waals surface area contributed by atoms with Crippen LogP contribution in [0.2, 0.25) is 0 Å². The summed E-state index contributed by atoms with van der Waals surface area (Å²) in [6, 6.07) is 9.68. The molecular formula is C21H31N3O3. The maximum absolute atomic E-state index is 13.3. The summed E-state index contributed by atoms with van der Waals surface area (Å²) in [5, 5.41) is 2.94. The Kier molecular flexibility index (Phi) is 8.30. The van der Waals surface area contributed by atoms with Crippen molar-refractivity contribution in [2.24, 2.45) is 17.6 Å². The fourth-order valence-corrected chi connectivity index (χ4v) is 3.67. The molecule has 0 radical (unpaired) electrons. The Morgan fingerprint density at radius 3 is 2.41 bits per heavy atom. The highest BCUT2D eigenvalue weighted by Crippen LogP contribution is 2.32. The molecule has 0 aliphatic heterocycles. The molecule has 0 bridgehead atoms. The number of carbonyl (C=O) groups excluding carboxylic acids is 3. The molecule has 1 fully saturated rings. The second kappa shape index (κ2) is 10.7. The van der Waals surface area contributed by atoms with Crippen LogP contribution in [0.15, 0.2) is 30.3 Å². The fraction of sp³-hybridized carbons (Fsp3) is 0.571. The second-order valence-corrected chi connectivity index (χ2v) is 7.25. The Bertz CT molecular complexity index is 633. The number of hydrogen-bond donors (Lipinski definition) is 2. The summed E-state index contributed by atoms with van der Waals surface area (Å²) in [5.74, 6) is -1.11. The van der Waals surface area contributed by atoms with Crippen LogP contribution in [-0.2, 0) is 20.9 Å². The molecule has 1 aliphatic rings. The zero-order valence-corrected chi connectivity index (χ0v) is 16.2. The number of nitrogens with two attached hydrogens (primary N) is 1. The van der Waals surface area contributed by atoms with Crippen LogP contribution in [0.5, 0.6) is 0 Å². The normalized spacial score (nSPS) is 19.3. The summed E-state index contributed by atoms with van der Waals surface area (Å²) >= 11 is 0. The average molecular weight is 373 g/mol. The van der Waals surface area contributed by atoms with E-state index in [-0.39, 0.29) is 36.6 Å². The molecule has 0 aromatic heterocycles. The van der Waals surface area contributed by atoms with Crippen LogP contribution in [-0.4, -0.2) is 35.7 Å². The number of hydrogen-bond acceptors (Lipinski definition) is 3. The average Bonchev–Trinajstić information content (AvgIpc) is 2.69. The molecule has 0 unspecified atom stereocenters. The minimum absolute atomic E-state index is 0.0236. The number of carbonyl (C=O) groups is 3. The molecule has 148 valence electrons. The molecule has 0 spiro atoms. The smallest absolute Gasteiger partial charge is 0.226 e. The molecule has 0 saturated heterocycles. The van der Waals surface area contributed by atoms with Crippen molar-refractivity contribution >= 4 is 17.7 Å². The first kappa shape index (κ1) is 20.9. The Morgan fingerprint density at radius 1 is 1.11 bits per heavy atom. The van der Waals surface area contributed by atoms with Gasteiger partial charge in [0.05, 0.1) is 0 Å². The molecular weight excluding hydrogens is 342 g/mol. The Morgan fingerprint density at radius 2 is 1.78 bits per heavy atom. The van der Waals surface area contributed by atoms with Crippen LogP contribution in [0, 0.1) is 11.8 Å². The third-order valence-electron chi connectivity index (χ3n) is 5.13. The van der Waals surface area contributed by atoms with Crippen molar-refractivity contribution in [1.82, 2.24) is 10.2 Å². The number of benzene rings is 1. The zero-order chi connectivity index (χ0) is 19.6. The Labute approximate surface area is 161 Å². The van der Waals surface area contributed by atoms with E-state index in [2.05, 4.69) is 5.32 Å². The second-order valence-electron chi connectivity index (χ2n) is 7.25. The maximum atomic E-state index is 13.3. The van der Waals surface area contributed by atoms with E-state index in [1.54, 1.807) is 4.90 Å². The molecule has 3 amide bonds. The van der Waals surface area contributed by atoms with Crippen LogP contribution < -0.4 is 11.1 Å². The lowest BCUT2D eigenvalue weighted by molar-refractivity contribution is -0.144. The van der Waals surface area contributed by atoms with Crippen molar-refractivity contribution in [2.45, 2.75) is 52.0 Å². The predicted octanol–water partition coefficient (Wildman–Crippen LogP) is 2.22. The van der Waals surface area contributed by atoms with Gasteiger partial charge in [0.15, 0.2) is 0 Å². The summed E-state index contributed by atoms with van der Waals surface area (Å²) in [6.45, 7) is 3.34. The summed E-state index contributed by atoms with van der Waals surface area (Å²) in [5.41, 5.74) is 6.30. The first-order chi connectivity index (χ1) is 13.0. The number of primary amides is 1. The highest BCUT2D eigenvalue weighted by molar-refractivity contribution is 5.88. The van der Waals surface area contributed by atoms with Crippen molar-refractivity contribution in [2.75, 3.05) is 13.1 Å². The molecule has 1 aliphatic carbocycles. The van der Waals surface area contributed by atoms with Gasteiger partial charge in [0.1, 0.15) is 0 Å². The largest absolute Gasteiger partial charge is 0.370 e. The van der Waals surface area contributed by atoms with Gasteiger partial charge in [-0.1, -0.05) is 50.1 Å². The lowest BCUT2D eigenvalue weighted by Crippen LogP contribution is -2.46. The van der Waals surface area contributed by atoms with Crippen LogP contribution in [0.4, 0.5) is 0 Å². The SMILES string of the molecule is CCCNC(=O)[C@@H]1CCCC[C@@H]1C(=O)N(CCC(N)=O)Cc1ccccc1. The van der Waals surface area contributed by atoms with Gasteiger partial charge >= 0.3 is 0 Å². The monoisotopic (exact) mass is 373 g/mol. The van der Waals surface area contributed by atoms with Gasteiger partial charge < -0.3 is 16.0 Å². The van der Waals surface area contributed by atoms with Crippen molar-refractivity contribution < 1.29 is 14.4 Å². The van der Waals surface area contributed by atoms with Gasteiger partial charge in [0.2, 0.25) is 17.7 Å². The van der Waals surface area contributed by atoms with Gasteiger partial charge in [-0.3, -0.25) is 14.4 Å². The van der Waals surface area contributed by atoms with E-state index < -0.39 is 5.91 Å². The number of rotatable bonds is 9. The van der Waals surface area contributed by atoms with Crippen LogP contribution in [0.25, 0.3) is 0 Å². The van der Waals surface area contributed by atoms with Gasteiger partial charge in [-0.25, -0.2) is 0 Å². The predicted molar refractivity (Wildman–Crippen MR) is 104 cm³/mol. The first-order valence-electron chi connectivity index (χ1n) is 9.91. The highest BCUT2D eigenvalue weighted by atomic mass is 16.2. The molecule has 1 aromatic carbocycles. The summed E-state index contributed by atoms with van der Waals surface area (Å²) in [6.07, 6.45) is 4.36. The van der Waals surface area contributed by atoms with E-state index in [0.29, 0.717) is 19.5 Å². The van der Waals surface area contributed by atoms with E-state index >= 15 is 0 Å². The number of nitrogens with one attached hydrogen (secondary N) is 1. The van der Waals surface area contributed by atoms with E-state index in [1.165, 1.54) is 0 Å². The minimum atomic E-state index is -0.429. The molecule has 2 rings (SSSR count). The number of nitrogens with zero attached hydrogens (tertiary/aromatic N) is 1. The van der Waals surface area contributed by atoms with E-state index in [0.717, 1.165) is 31.2 Å². The van der Waals surface area contributed by atoms with Crippen molar-refractivity contribution in [1.29, 1.82) is 0 Å². The van der Waals surface area contributed by atoms with Crippen LogP contribution in [0.3, 0.4) is 0 Å². The maximum Gasteiger partial charge on any atom is 0.226 e. The highest BCUT2D eigenvalue weighted by Gasteiger charge is 2.37. The van der Waals surface area contributed by atoms with Crippen molar-refractivity contribution in [3.05, 3.63) is 35.9 Å². The lowest BCUT2D eigenvalue weighted by atomic mass is 9.77. The van der Waals surface area contributed by atoms with Gasteiger partial charge in [0.25, 0.3) is 0 Å². The molecule has 1 saturated carbocycles. The molecule has 2 atom stereocenters. The first-order valence-corrected chi connectivity index (χ1v) is 9.91. The van der Waals surface area contributed by atoms with Gasteiger partial charge in [-0.15, -0.1) is 0 Å². The molecule has 1 aromatic rings. The van der Waals surface area contributed by atoms with E-state index in [9.17, 15) is 14.4 Å². The van der Waals surface area contributed by atoms with E-state index in [1.807, 2.05) is 37.3 Å². The van der Waals surface area contributed by atoms with E-state index in [4.69, 9.17) is 5.73 Å². The quantitative estimate of drug-likeness (QED) is 0.695. The molecule has 6 heteroatoms. The standard InChI is InChI=1S/C21H31N3O3/c1-2-13-23-20(26)17-10-6-7-11-18(17)21(27)24(14-12-19(22)25)15-16-8-4-3-5-9-16/h3-5,8-9,17-18H,2,6-7,10-15H2,1H3,(H2,22,25)(H,23,26)/t17-,18+/m1/s1. The molecule has 27 heavy (non-hydrogen) atoms. The summed E-state index contributed by atoms with van der Waals surface area (Å²) < 4.78 is 0. The van der Waals surface area contributed by atoms with Crippen LogP contribution >= 0.6 is 0 Å². The summed E-state index contributed by atoms with van der Waals surface area (Å²) in [4.78, 5) is 38.8. The lowest BCUT2D eigenvalue weighted by Gasteiger charge is -2.34. The molecule has 6 nitrogen and oxygen atoms in total. The van der Waals surface area contributed by atoms with Gasteiger partial charge in [0, 0.05) is 37.9 Å². The van der Waals surface area contributed by atoms with Gasteiger partial charge in [-0.05, 0) is 24.8 Å². The number of amides is 3. The van der Waals surface area contributed by atoms with Gasteiger partial charge in [-0.2, -0.15) is 0 Å². The minimum Gasteiger partial charge on any atom is -0.370 e.